The number of benzene rings is 1. The van der Waals surface area contributed by atoms with Gasteiger partial charge in [-0.2, -0.15) is 0 Å². The molecule has 1 aromatic carbocycles. The number of thiophene rings is 1. The van der Waals surface area contributed by atoms with Gasteiger partial charge in [0.1, 0.15) is 16.0 Å². The van der Waals surface area contributed by atoms with Gasteiger partial charge in [0.25, 0.3) is 0 Å². The van der Waals surface area contributed by atoms with Crippen LogP contribution in [-0.4, -0.2) is 35.3 Å². The van der Waals surface area contributed by atoms with Crippen LogP contribution in [0.25, 0.3) is 20.4 Å². The van der Waals surface area contributed by atoms with Crippen LogP contribution in [0.2, 0.25) is 0 Å². The van der Waals surface area contributed by atoms with Crippen molar-refractivity contribution in [2.75, 3.05) is 25.1 Å². The number of halogens is 2. The van der Waals surface area contributed by atoms with E-state index in [1.54, 1.807) is 23.6 Å². The minimum atomic E-state index is -0.669. The summed E-state index contributed by atoms with van der Waals surface area (Å²) in [6.07, 6.45) is 4.74. The van der Waals surface area contributed by atoms with Gasteiger partial charge in [0.05, 0.1) is 15.9 Å². The Kier molecular flexibility index (Phi) is 4.68. The van der Waals surface area contributed by atoms with Gasteiger partial charge in [0.15, 0.2) is 11.6 Å². The Hall–Kier alpha value is -2.20. The van der Waals surface area contributed by atoms with Gasteiger partial charge < -0.3 is 15.4 Å². The zero-order valence-electron chi connectivity index (χ0n) is 16.6. The summed E-state index contributed by atoms with van der Waals surface area (Å²) in [5.74, 6) is -0.906. The second kappa shape index (κ2) is 7.44. The molecule has 0 unspecified atom stereocenters. The summed E-state index contributed by atoms with van der Waals surface area (Å²) in [5, 5.41) is 7.60. The third-order valence-corrected chi connectivity index (χ3v) is 8.47. The Morgan fingerprint density at radius 3 is 2.94 bits per heavy atom. The molecule has 3 aromatic heterocycles. The number of hydrogen-bond donors (Lipinski definition) is 2. The van der Waals surface area contributed by atoms with Crippen molar-refractivity contribution in [1.29, 1.82) is 0 Å². The smallest absolute Gasteiger partial charge is 0.176 e. The number of aromatic nitrogens is 2. The number of pyridine rings is 1. The van der Waals surface area contributed by atoms with Crippen molar-refractivity contribution in [3.05, 3.63) is 46.4 Å². The van der Waals surface area contributed by atoms with E-state index < -0.39 is 11.6 Å². The Morgan fingerprint density at radius 1 is 1.19 bits per heavy atom. The van der Waals surface area contributed by atoms with Crippen LogP contribution < -0.4 is 10.6 Å². The summed E-state index contributed by atoms with van der Waals surface area (Å²) < 4.78 is 35.7. The molecule has 2 aliphatic rings. The Labute approximate surface area is 185 Å². The molecule has 1 spiro atoms. The van der Waals surface area contributed by atoms with Gasteiger partial charge in [-0.1, -0.05) is 0 Å². The first-order chi connectivity index (χ1) is 15.1. The molecule has 0 bridgehead atoms. The Morgan fingerprint density at radius 2 is 2.06 bits per heavy atom. The first-order valence-corrected chi connectivity index (χ1v) is 12.0. The van der Waals surface area contributed by atoms with Crippen LogP contribution in [0.15, 0.2) is 29.9 Å². The highest BCUT2D eigenvalue weighted by atomic mass is 32.1. The lowest BCUT2D eigenvalue weighted by Crippen LogP contribution is -2.48. The quantitative estimate of drug-likeness (QED) is 0.421. The zero-order valence-corrected chi connectivity index (χ0v) is 18.2. The number of nitrogens with one attached hydrogen (secondary N) is 2. The molecule has 5 heterocycles. The average molecular weight is 459 g/mol. The lowest BCUT2D eigenvalue weighted by Gasteiger charge is -2.38. The van der Waals surface area contributed by atoms with Crippen molar-refractivity contribution < 1.29 is 13.5 Å². The van der Waals surface area contributed by atoms with Crippen molar-refractivity contribution in [2.45, 2.75) is 30.7 Å². The monoisotopic (exact) mass is 458 g/mol. The van der Waals surface area contributed by atoms with E-state index in [0.717, 1.165) is 49.2 Å². The van der Waals surface area contributed by atoms with E-state index in [2.05, 4.69) is 26.7 Å². The molecule has 160 valence electrons. The molecule has 4 aromatic rings. The molecule has 9 heteroatoms. The summed E-state index contributed by atoms with van der Waals surface area (Å²) in [7, 11) is 0. The predicted molar refractivity (Wildman–Crippen MR) is 121 cm³/mol. The van der Waals surface area contributed by atoms with E-state index in [-0.39, 0.29) is 16.7 Å². The maximum atomic E-state index is 14.9. The minimum Gasteiger partial charge on any atom is -0.381 e. The zero-order chi connectivity index (χ0) is 21.0. The van der Waals surface area contributed by atoms with Gasteiger partial charge in [-0.05, 0) is 44.0 Å². The van der Waals surface area contributed by atoms with E-state index in [1.165, 1.54) is 27.8 Å². The van der Waals surface area contributed by atoms with Crippen LogP contribution in [-0.2, 0) is 4.74 Å². The Balaban J connectivity index is 1.40. The third-order valence-electron chi connectivity index (χ3n) is 6.54. The lowest BCUT2D eigenvalue weighted by atomic mass is 9.78. The number of anilines is 2. The molecule has 0 saturated carbocycles. The second-order valence-corrected chi connectivity index (χ2v) is 10.1. The van der Waals surface area contributed by atoms with Crippen LogP contribution in [0.3, 0.4) is 0 Å². The fraction of sp³-hybridized carbons (Fsp3) is 0.364. The highest BCUT2D eigenvalue weighted by molar-refractivity contribution is 7.18. The van der Waals surface area contributed by atoms with Crippen molar-refractivity contribution in [1.82, 2.24) is 15.3 Å². The molecule has 6 rings (SSSR count). The van der Waals surface area contributed by atoms with Crippen LogP contribution in [0.1, 0.15) is 30.1 Å². The molecule has 2 saturated heterocycles. The number of thiazole rings is 1. The largest absolute Gasteiger partial charge is 0.381 e. The van der Waals surface area contributed by atoms with Crippen molar-refractivity contribution in [2.24, 2.45) is 0 Å². The van der Waals surface area contributed by atoms with Crippen LogP contribution >= 0.6 is 22.7 Å². The summed E-state index contributed by atoms with van der Waals surface area (Å²) in [4.78, 5) is 10.7. The molecular formula is C22H20F2N4OS2. The van der Waals surface area contributed by atoms with Crippen LogP contribution in [0.4, 0.5) is 20.2 Å². The van der Waals surface area contributed by atoms with Gasteiger partial charge in [-0.15, -0.1) is 22.7 Å². The molecule has 0 aliphatic carbocycles. The number of ether oxygens (including phenoxy) is 1. The topological polar surface area (TPSA) is 59.1 Å². The van der Waals surface area contributed by atoms with E-state index in [9.17, 15) is 8.78 Å². The standard InChI is InChI=1S/C22H20F2N4OS2/c23-14-10-17-20(26-11-30-17)18(24)19(14)28-15-2-5-25-21-12(15)9-16(31-21)13-1-6-27-22(13)3-7-29-8-4-22/h2,5,9-11,13,27H,1,3-4,6-8H2,(H,25,28)/t13-/m1/s1. The first kappa shape index (κ1) is 19.5. The summed E-state index contributed by atoms with van der Waals surface area (Å²) in [5.41, 5.74) is 2.24. The van der Waals surface area contributed by atoms with Crippen LogP contribution in [0.5, 0.6) is 0 Å². The molecule has 0 radical (unpaired) electrons. The normalized spacial score (nSPS) is 20.8. The summed E-state index contributed by atoms with van der Waals surface area (Å²) in [6, 6.07) is 5.23. The molecule has 0 amide bonds. The minimum absolute atomic E-state index is 0.0700. The molecule has 2 fully saturated rings. The Bertz CT molecular complexity index is 1280. The van der Waals surface area contributed by atoms with Gasteiger partial charge in [-0.25, -0.2) is 18.7 Å². The lowest BCUT2D eigenvalue weighted by molar-refractivity contribution is 0.0397. The van der Waals surface area contributed by atoms with E-state index in [1.807, 2.05) is 0 Å². The third kappa shape index (κ3) is 3.14. The van der Waals surface area contributed by atoms with Gasteiger partial charge >= 0.3 is 0 Å². The molecule has 5 nitrogen and oxygen atoms in total. The number of hydrogen-bond acceptors (Lipinski definition) is 7. The highest BCUT2D eigenvalue weighted by Crippen LogP contribution is 2.46. The van der Waals surface area contributed by atoms with E-state index >= 15 is 0 Å². The molecule has 2 N–H and O–H groups in total. The van der Waals surface area contributed by atoms with Crippen molar-refractivity contribution in [3.63, 3.8) is 0 Å². The maximum Gasteiger partial charge on any atom is 0.176 e. The van der Waals surface area contributed by atoms with Crippen molar-refractivity contribution >= 4 is 54.5 Å². The number of fused-ring (bicyclic) bond motifs is 2. The fourth-order valence-electron chi connectivity index (χ4n) is 4.96. The average Bonchev–Trinajstić information content (AvgIpc) is 3.50. The number of nitrogens with zero attached hydrogens (tertiary/aromatic N) is 2. The van der Waals surface area contributed by atoms with Gasteiger partial charge in [0, 0.05) is 41.1 Å². The summed E-state index contributed by atoms with van der Waals surface area (Å²) in [6.45, 7) is 2.54. The first-order valence-electron chi connectivity index (χ1n) is 10.3. The van der Waals surface area contributed by atoms with E-state index in [4.69, 9.17) is 4.74 Å². The predicted octanol–water partition coefficient (Wildman–Crippen LogP) is 5.55. The van der Waals surface area contributed by atoms with E-state index in [0.29, 0.717) is 16.3 Å². The maximum absolute atomic E-state index is 14.9. The summed E-state index contributed by atoms with van der Waals surface area (Å²) >= 11 is 2.89. The molecule has 31 heavy (non-hydrogen) atoms. The molecule has 2 aliphatic heterocycles. The van der Waals surface area contributed by atoms with Crippen LogP contribution in [0, 0.1) is 11.6 Å². The molecular weight excluding hydrogens is 438 g/mol. The highest BCUT2D eigenvalue weighted by Gasteiger charge is 2.45. The second-order valence-electron chi connectivity index (χ2n) is 8.13. The SMILES string of the molecule is Fc1cc2scnc2c(F)c1Nc1ccnc2sc([C@H]3CCNC34CCOCC4)cc12. The van der Waals surface area contributed by atoms with Gasteiger partial charge in [0.2, 0.25) is 0 Å². The fourth-order valence-corrected chi connectivity index (χ4v) is 6.94. The number of rotatable bonds is 3. The van der Waals surface area contributed by atoms with Gasteiger partial charge in [-0.3, -0.25) is 0 Å². The molecule has 1 atom stereocenters. The van der Waals surface area contributed by atoms with Crippen molar-refractivity contribution in [3.8, 4) is 0 Å².